The molecule has 2 N–H and O–H groups in total. The van der Waals surface area contributed by atoms with E-state index < -0.39 is 11.4 Å². The van der Waals surface area contributed by atoms with E-state index in [2.05, 4.69) is 5.32 Å². The molecular weight excluding hydrogens is 333 g/mol. The molecule has 0 spiro atoms. The van der Waals surface area contributed by atoms with Crippen LogP contribution in [-0.2, 0) is 29.1 Å². The molecule has 0 aliphatic rings. The van der Waals surface area contributed by atoms with Crippen LogP contribution >= 0.6 is 0 Å². The lowest BCUT2D eigenvalue weighted by Gasteiger charge is -2.19. The van der Waals surface area contributed by atoms with Gasteiger partial charge in [-0.2, -0.15) is 0 Å². The second-order valence-electron chi connectivity index (χ2n) is 7.32. The first-order valence-electron chi connectivity index (χ1n) is 8.62. The Morgan fingerprint density at radius 2 is 1.88 bits per heavy atom. The summed E-state index contributed by atoms with van der Waals surface area (Å²) in [6.07, 6.45) is 0.193. The van der Waals surface area contributed by atoms with Gasteiger partial charge in [0.15, 0.2) is 5.82 Å². The lowest BCUT2D eigenvalue weighted by atomic mass is 10.1. The fourth-order valence-electron chi connectivity index (χ4n) is 2.64. The Kier molecular flexibility index (Phi) is 6.37. The average Bonchev–Trinajstić information content (AvgIpc) is 2.53. The molecule has 140 valence electrons. The van der Waals surface area contributed by atoms with Gasteiger partial charge >= 0.3 is 5.97 Å². The van der Waals surface area contributed by atoms with Crippen molar-refractivity contribution < 1.29 is 19.0 Å². The fraction of sp³-hybridized carbons (Fsp3) is 0.381. The van der Waals surface area contributed by atoms with E-state index in [1.165, 1.54) is 0 Å². The van der Waals surface area contributed by atoms with Crippen molar-refractivity contribution in [1.82, 2.24) is 0 Å². The molecule has 0 fully saturated rings. The Labute approximate surface area is 154 Å². The molecule has 26 heavy (non-hydrogen) atoms. The van der Waals surface area contributed by atoms with Crippen molar-refractivity contribution >= 4 is 11.7 Å². The van der Waals surface area contributed by atoms with Crippen LogP contribution in [0, 0.1) is 12.7 Å². The number of hydrogen-bond donors (Lipinski definition) is 2. The van der Waals surface area contributed by atoms with Gasteiger partial charge in [-0.1, -0.05) is 30.3 Å². The summed E-state index contributed by atoms with van der Waals surface area (Å²) in [7, 11) is 0. The van der Waals surface area contributed by atoms with Gasteiger partial charge in [-0.25, -0.2) is 4.39 Å². The van der Waals surface area contributed by atoms with Crippen LogP contribution in [0.15, 0.2) is 36.4 Å². The van der Waals surface area contributed by atoms with E-state index in [0.717, 1.165) is 16.7 Å². The Hall–Kier alpha value is -2.40. The molecule has 2 aromatic rings. The molecule has 5 heteroatoms. The van der Waals surface area contributed by atoms with Crippen LogP contribution in [0.25, 0.3) is 0 Å². The highest BCUT2D eigenvalue weighted by atomic mass is 19.1. The first-order chi connectivity index (χ1) is 12.2. The van der Waals surface area contributed by atoms with Crippen molar-refractivity contribution in [1.29, 1.82) is 0 Å². The molecular formula is C21H26FNO3. The van der Waals surface area contributed by atoms with E-state index >= 15 is 0 Å². The summed E-state index contributed by atoms with van der Waals surface area (Å²) >= 11 is 0. The lowest BCUT2D eigenvalue weighted by Crippen LogP contribution is -2.24. The molecule has 0 saturated carbocycles. The number of hydrogen-bond acceptors (Lipinski definition) is 4. The van der Waals surface area contributed by atoms with Crippen molar-refractivity contribution in [2.45, 2.75) is 52.9 Å². The van der Waals surface area contributed by atoms with E-state index in [-0.39, 0.29) is 19.0 Å². The third kappa shape index (κ3) is 5.56. The van der Waals surface area contributed by atoms with Gasteiger partial charge in [0, 0.05) is 12.1 Å². The molecule has 2 rings (SSSR count). The number of ether oxygens (including phenoxy) is 1. The number of anilines is 1. The van der Waals surface area contributed by atoms with Crippen molar-refractivity contribution in [3.05, 3.63) is 64.5 Å². The fourth-order valence-corrected chi connectivity index (χ4v) is 2.64. The monoisotopic (exact) mass is 359 g/mol. The zero-order chi connectivity index (χ0) is 19.3. The zero-order valence-corrected chi connectivity index (χ0v) is 15.7. The summed E-state index contributed by atoms with van der Waals surface area (Å²) in [5.41, 5.74) is 2.63. The molecule has 0 aliphatic carbocycles. The minimum absolute atomic E-state index is 0.193. The van der Waals surface area contributed by atoms with Crippen molar-refractivity contribution in [2.24, 2.45) is 0 Å². The van der Waals surface area contributed by atoms with Crippen LogP contribution in [-0.4, -0.2) is 16.7 Å². The number of aliphatic hydroxyl groups excluding tert-OH is 1. The molecule has 0 radical (unpaired) electrons. The van der Waals surface area contributed by atoms with Gasteiger partial charge in [0.2, 0.25) is 0 Å². The number of esters is 1. The van der Waals surface area contributed by atoms with Crippen molar-refractivity contribution in [2.75, 3.05) is 5.32 Å². The van der Waals surface area contributed by atoms with Gasteiger partial charge in [0.1, 0.15) is 5.60 Å². The highest BCUT2D eigenvalue weighted by Gasteiger charge is 2.16. The first-order valence-corrected chi connectivity index (χ1v) is 8.62. The van der Waals surface area contributed by atoms with E-state index in [9.17, 15) is 14.3 Å². The third-order valence-corrected chi connectivity index (χ3v) is 3.88. The number of aliphatic hydroxyl groups is 1. The SMILES string of the molecule is Cc1ccc(NCc2cccc(CC(=O)OC(C)(C)C)c2)c(F)c1CO. The number of carbonyl (C=O) groups is 1. The number of aryl methyl sites for hydroxylation is 1. The van der Waals surface area contributed by atoms with Crippen LogP contribution < -0.4 is 5.32 Å². The molecule has 4 nitrogen and oxygen atoms in total. The highest BCUT2D eigenvalue weighted by molar-refractivity contribution is 5.73. The molecule has 0 bridgehead atoms. The Morgan fingerprint density at radius 1 is 1.19 bits per heavy atom. The summed E-state index contributed by atoms with van der Waals surface area (Å²) < 4.78 is 19.7. The molecule has 0 saturated heterocycles. The number of halogens is 1. The summed E-state index contributed by atoms with van der Waals surface area (Å²) in [5, 5.41) is 12.3. The van der Waals surface area contributed by atoms with Crippen LogP contribution in [0.4, 0.5) is 10.1 Å². The number of carbonyl (C=O) groups excluding carboxylic acids is 1. The minimum Gasteiger partial charge on any atom is -0.460 e. The molecule has 0 atom stereocenters. The minimum atomic E-state index is -0.510. The maximum atomic E-state index is 14.4. The summed E-state index contributed by atoms with van der Waals surface area (Å²) in [5.74, 6) is -0.711. The lowest BCUT2D eigenvalue weighted by molar-refractivity contribution is -0.153. The third-order valence-electron chi connectivity index (χ3n) is 3.88. The van der Waals surface area contributed by atoms with Crippen molar-refractivity contribution in [3.8, 4) is 0 Å². The quantitative estimate of drug-likeness (QED) is 0.762. The van der Waals surface area contributed by atoms with Crippen LogP contribution in [0.1, 0.15) is 43.0 Å². The Bertz CT molecular complexity index is 781. The topological polar surface area (TPSA) is 58.6 Å². The van der Waals surface area contributed by atoms with Crippen LogP contribution in [0.5, 0.6) is 0 Å². The molecule has 0 aliphatic heterocycles. The molecule has 0 amide bonds. The maximum Gasteiger partial charge on any atom is 0.310 e. The highest BCUT2D eigenvalue weighted by Crippen LogP contribution is 2.22. The zero-order valence-electron chi connectivity index (χ0n) is 15.7. The molecule has 0 aromatic heterocycles. The van der Waals surface area contributed by atoms with Crippen LogP contribution in [0.2, 0.25) is 0 Å². The van der Waals surface area contributed by atoms with Gasteiger partial charge in [0.05, 0.1) is 18.7 Å². The number of benzene rings is 2. The van der Waals surface area contributed by atoms with Gasteiger partial charge in [-0.15, -0.1) is 0 Å². The van der Waals surface area contributed by atoms with Gasteiger partial charge in [0.25, 0.3) is 0 Å². The summed E-state index contributed by atoms with van der Waals surface area (Å²) in [6.45, 7) is 7.34. The molecule has 0 unspecified atom stereocenters. The first kappa shape index (κ1) is 19.9. The second-order valence-corrected chi connectivity index (χ2v) is 7.32. The van der Waals surface area contributed by atoms with Crippen LogP contribution in [0.3, 0.4) is 0 Å². The largest absolute Gasteiger partial charge is 0.460 e. The van der Waals surface area contributed by atoms with E-state index in [4.69, 9.17) is 4.74 Å². The van der Waals surface area contributed by atoms with Gasteiger partial charge in [-0.3, -0.25) is 4.79 Å². The second kappa shape index (κ2) is 8.32. The maximum absolute atomic E-state index is 14.4. The Morgan fingerprint density at radius 3 is 2.54 bits per heavy atom. The van der Waals surface area contributed by atoms with E-state index in [1.807, 2.05) is 45.0 Å². The smallest absolute Gasteiger partial charge is 0.310 e. The standard InChI is InChI=1S/C21H26FNO3/c1-14-8-9-18(20(22)17(14)13-24)23-12-16-7-5-6-15(10-16)11-19(25)26-21(2,3)4/h5-10,23-24H,11-13H2,1-4H3. The number of rotatable bonds is 6. The van der Waals surface area contributed by atoms with E-state index in [0.29, 0.717) is 17.8 Å². The summed E-state index contributed by atoms with van der Waals surface area (Å²) in [4.78, 5) is 12.0. The van der Waals surface area contributed by atoms with E-state index in [1.54, 1.807) is 19.1 Å². The average molecular weight is 359 g/mol. The van der Waals surface area contributed by atoms with Crippen molar-refractivity contribution in [3.63, 3.8) is 0 Å². The summed E-state index contributed by atoms with van der Waals surface area (Å²) in [6, 6.07) is 11.0. The predicted molar refractivity (Wildman–Crippen MR) is 100 cm³/mol. The molecule has 2 aromatic carbocycles. The Balaban J connectivity index is 2.04. The normalized spacial score (nSPS) is 11.3. The van der Waals surface area contributed by atoms with Gasteiger partial charge in [-0.05, 0) is 50.5 Å². The molecule has 0 heterocycles. The van der Waals surface area contributed by atoms with Gasteiger partial charge < -0.3 is 15.2 Å². The predicted octanol–water partition coefficient (Wildman–Crippen LogP) is 4.12. The number of nitrogens with one attached hydrogen (secondary N) is 1.